The third-order valence-electron chi connectivity index (χ3n) is 4.32. The van der Waals surface area contributed by atoms with Crippen molar-refractivity contribution in [2.24, 2.45) is 5.10 Å². The van der Waals surface area contributed by atoms with E-state index in [0.717, 1.165) is 22.7 Å². The van der Waals surface area contributed by atoms with Crippen LogP contribution in [0, 0.1) is 27.7 Å². The SMILES string of the molecule is CC1=NNC(=O)/C1=C\c1cc(C)n(-c2ccc(C)cc2C)c1C. The van der Waals surface area contributed by atoms with E-state index in [1.807, 2.05) is 13.0 Å². The van der Waals surface area contributed by atoms with E-state index in [-0.39, 0.29) is 5.91 Å². The van der Waals surface area contributed by atoms with E-state index < -0.39 is 0 Å². The van der Waals surface area contributed by atoms with E-state index in [0.29, 0.717) is 5.57 Å². The van der Waals surface area contributed by atoms with Gasteiger partial charge in [0.25, 0.3) is 5.91 Å². The highest BCUT2D eigenvalue weighted by Gasteiger charge is 2.20. The predicted molar refractivity (Wildman–Crippen MR) is 93.9 cm³/mol. The summed E-state index contributed by atoms with van der Waals surface area (Å²) >= 11 is 0. The molecule has 0 saturated heterocycles. The van der Waals surface area contributed by atoms with Crippen molar-refractivity contribution in [3.63, 3.8) is 0 Å². The molecule has 0 aliphatic carbocycles. The van der Waals surface area contributed by atoms with Crippen molar-refractivity contribution in [3.05, 3.63) is 57.9 Å². The van der Waals surface area contributed by atoms with Crippen molar-refractivity contribution in [1.82, 2.24) is 9.99 Å². The maximum absolute atomic E-state index is 11.9. The Hall–Kier alpha value is -2.62. The van der Waals surface area contributed by atoms with Crippen LogP contribution in [0.3, 0.4) is 0 Å². The number of hydrogen-bond acceptors (Lipinski definition) is 2. The molecule has 0 fully saturated rings. The first-order valence-corrected chi connectivity index (χ1v) is 7.71. The minimum absolute atomic E-state index is 0.140. The molecule has 1 aliphatic rings. The van der Waals surface area contributed by atoms with Gasteiger partial charge in [-0.1, -0.05) is 17.7 Å². The van der Waals surface area contributed by atoms with Gasteiger partial charge in [0, 0.05) is 17.1 Å². The molecule has 4 nitrogen and oxygen atoms in total. The molecule has 1 amide bonds. The van der Waals surface area contributed by atoms with Crippen LogP contribution in [-0.2, 0) is 4.79 Å². The number of benzene rings is 1. The lowest BCUT2D eigenvalue weighted by atomic mass is 10.1. The van der Waals surface area contributed by atoms with Crippen LogP contribution in [0.15, 0.2) is 34.9 Å². The summed E-state index contributed by atoms with van der Waals surface area (Å²) in [6.07, 6.45) is 1.92. The smallest absolute Gasteiger partial charge is 0.273 e. The summed E-state index contributed by atoms with van der Waals surface area (Å²) in [6.45, 7) is 10.2. The van der Waals surface area contributed by atoms with Crippen LogP contribution in [-0.4, -0.2) is 16.2 Å². The van der Waals surface area contributed by atoms with Gasteiger partial charge in [0.05, 0.1) is 11.3 Å². The summed E-state index contributed by atoms with van der Waals surface area (Å²) in [5.74, 6) is -0.140. The van der Waals surface area contributed by atoms with Crippen LogP contribution in [0.5, 0.6) is 0 Å². The van der Waals surface area contributed by atoms with Crippen molar-refractivity contribution in [1.29, 1.82) is 0 Å². The van der Waals surface area contributed by atoms with Gasteiger partial charge in [-0.2, -0.15) is 5.10 Å². The number of aromatic nitrogens is 1. The maximum atomic E-state index is 11.9. The Kier molecular flexibility index (Phi) is 3.68. The first kappa shape index (κ1) is 15.3. The zero-order valence-electron chi connectivity index (χ0n) is 14.2. The van der Waals surface area contributed by atoms with Crippen molar-refractivity contribution >= 4 is 17.7 Å². The average molecular weight is 307 g/mol. The minimum Gasteiger partial charge on any atom is -0.318 e. The van der Waals surface area contributed by atoms with Crippen molar-refractivity contribution in [3.8, 4) is 5.69 Å². The van der Waals surface area contributed by atoms with Crippen LogP contribution in [0.2, 0.25) is 0 Å². The predicted octanol–water partition coefficient (Wildman–Crippen LogP) is 3.60. The Labute approximate surface area is 136 Å². The van der Waals surface area contributed by atoms with Crippen LogP contribution in [0.4, 0.5) is 0 Å². The quantitative estimate of drug-likeness (QED) is 0.847. The standard InChI is InChI=1S/C19H21N3O/c1-11-6-7-18(12(2)8-11)22-13(3)9-16(15(22)5)10-17-14(4)20-21-19(17)23/h6-10H,1-5H3,(H,21,23)/b17-10-. The number of carbonyl (C=O) groups excluding carboxylic acids is 1. The van der Waals surface area contributed by atoms with Crippen molar-refractivity contribution < 1.29 is 4.79 Å². The number of hydrogen-bond donors (Lipinski definition) is 1. The lowest BCUT2D eigenvalue weighted by Crippen LogP contribution is -2.12. The van der Waals surface area contributed by atoms with E-state index in [4.69, 9.17) is 0 Å². The van der Waals surface area contributed by atoms with E-state index in [1.165, 1.54) is 16.8 Å². The number of nitrogens with one attached hydrogen (secondary N) is 1. The largest absolute Gasteiger partial charge is 0.318 e. The second-order valence-electron chi connectivity index (χ2n) is 6.15. The Bertz CT molecular complexity index is 869. The zero-order valence-corrected chi connectivity index (χ0v) is 14.2. The monoisotopic (exact) mass is 307 g/mol. The second kappa shape index (κ2) is 5.54. The van der Waals surface area contributed by atoms with Gasteiger partial charge >= 0.3 is 0 Å². The summed E-state index contributed by atoms with van der Waals surface area (Å²) in [5, 5.41) is 3.98. The van der Waals surface area contributed by atoms with E-state index in [9.17, 15) is 4.79 Å². The highest BCUT2D eigenvalue weighted by Crippen LogP contribution is 2.26. The average Bonchev–Trinajstić information content (AvgIpc) is 2.94. The van der Waals surface area contributed by atoms with Crippen molar-refractivity contribution in [2.45, 2.75) is 34.6 Å². The van der Waals surface area contributed by atoms with Crippen molar-refractivity contribution in [2.75, 3.05) is 0 Å². The van der Waals surface area contributed by atoms with Gasteiger partial charge in [0.1, 0.15) is 0 Å². The molecule has 1 aromatic heterocycles. The molecule has 0 bridgehead atoms. The molecule has 2 heterocycles. The normalized spacial score (nSPS) is 16.0. The fraction of sp³-hybridized carbons (Fsp3) is 0.263. The molecule has 2 aromatic rings. The summed E-state index contributed by atoms with van der Waals surface area (Å²) < 4.78 is 2.24. The molecule has 0 spiro atoms. The summed E-state index contributed by atoms with van der Waals surface area (Å²) in [5.41, 5.74) is 10.8. The molecule has 0 unspecified atom stereocenters. The van der Waals surface area contributed by atoms with Gasteiger partial charge in [0.2, 0.25) is 0 Å². The molecule has 3 rings (SSSR count). The number of carbonyl (C=O) groups is 1. The number of aryl methyl sites for hydroxylation is 3. The van der Waals surface area contributed by atoms with Gasteiger partial charge in [-0.3, -0.25) is 4.79 Å². The highest BCUT2D eigenvalue weighted by atomic mass is 16.2. The number of rotatable bonds is 2. The van der Waals surface area contributed by atoms with Crippen LogP contribution >= 0.6 is 0 Å². The topological polar surface area (TPSA) is 46.4 Å². The molecule has 0 saturated carbocycles. The van der Waals surface area contributed by atoms with Gasteiger partial charge in [0.15, 0.2) is 0 Å². The Balaban J connectivity index is 2.12. The molecule has 118 valence electrons. The molecular weight excluding hydrogens is 286 g/mol. The molecule has 1 N–H and O–H groups in total. The van der Waals surface area contributed by atoms with E-state index in [1.54, 1.807) is 0 Å². The highest BCUT2D eigenvalue weighted by molar-refractivity contribution is 6.26. The zero-order chi connectivity index (χ0) is 16.7. The van der Waals surface area contributed by atoms with Gasteiger partial charge in [-0.25, -0.2) is 5.43 Å². The fourth-order valence-corrected chi connectivity index (χ4v) is 3.11. The molecule has 1 aliphatic heterocycles. The molecule has 0 atom stereocenters. The molecule has 4 heteroatoms. The number of amides is 1. The Morgan fingerprint density at radius 1 is 1.09 bits per heavy atom. The third-order valence-corrected chi connectivity index (χ3v) is 4.32. The first-order chi connectivity index (χ1) is 10.9. The number of nitrogens with zero attached hydrogens (tertiary/aromatic N) is 2. The Morgan fingerprint density at radius 3 is 2.43 bits per heavy atom. The van der Waals surface area contributed by atoms with Crippen LogP contribution in [0.1, 0.15) is 35.0 Å². The molecule has 23 heavy (non-hydrogen) atoms. The summed E-state index contributed by atoms with van der Waals surface area (Å²) in [6, 6.07) is 8.57. The minimum atomic E-state index is -0.140. The van der Waals surface area contributed by atoms with Gasteiger partial charge < -0.3 is 4.57 Å². The summed E-state index contributed by atoms with van der Waals surface area (Å²) in [7, 11) is 0. The lowest BCUT2D eigenvalue weighted by molar-refractivity contribution is -0.116. The van der Waals surface area contributed by atoms with E-state index in [2.05, 4.69) is 67.1 Å². The van der Waals surface area contributed by atoms with E-state index >= 15 is 0 Å². The summed E-state index contributed by atoms with van der Waals surface area (Å²) in [4.78, 5) is 11.9. The maximum Gasteiger partial charge on any atom is 0.273 e. The van der Waals surface area contributed by atoms with Gasteiger partial charge in [-0.05, 0) is 64.0 Å². The molecule has 0 radical (unpaired) electrons. The van der Waals surface area contributed by atoms with Gasteiger partial charge in [-0.15, -0.1) is 0 Å². The fourth-order valence-electron chi connectivity index (χ4n) is 3.11. The third kappa shape index (κ3) is 2.61. The Morgan fingerprint density at radius 2 is 1.83 bits per heavy atom. The number of hydrazone groups is 1. The lowest BCUT2D eigenvalue weighted by Gasteiger charge is -2.13. The molecule has 1 aromatic carbocycles. The second-order valence-corrected chi connectivity index (χ2v) is 6.15. The molecular formula is C19H21N3O. The van der Waals surface area contributed by atoms with Crippen LogP contribution < -0.4 is 5.43 Å². The van der Waals surface area contributed by atoms with Crippen LogP contribution in [0.25, 0.3) is 11.8 Å². The first-order valence-electron chi connectivity index (χ1n) is 7.71.